The van der Waals surface area contributed by atoms with E-state index in [0.717, 1.165) is 22.3 Å². The van der Waals surface area contributed by atoms with Crippen molar-refractivity contribution in [2.75, 3.05) is 32.7 Å². The van der Waals surface area contributed by atoms with E-state index < -0.39 is 0 Å². The van der Waals surface area contributed by atoms with Gasteiger partial charge in [-0.1, -0.05) is 0 Å². The minimum Gasteiger partial charge on any atom is -0.386 e. The molecule has 0 aromatic carbocycles. The summed E-state index contributed by atoms with van der Waals surface area (Å²) in [7, 11) is 3.55. The lowest BCUT2D eigenvalue weighted by Gasteiger charge is -2.07. The van der Waals surface area contributed by atoms with E-state index in [-0.39, 0.29) is 0 Å². The van der Waals surface area contributed by atoms with E-state index in [9.17, 15) is 0 Å². The van der Waals surface area contributed by atoms with Crippen molar-refractivity contribution in [3.63, 3.8) is 0 Å². The van der Waals surface area contributed by atoms with Gasteiger partial charge in [-0.2, -0.15) is 0 Å². The molecule has 5 nitrogen and oxygen atoms in total. The molecule has 0 radical (unpaired) electrons. The van der Waals surface area contributed by atoms with Gasteiger partial charge in [0.1, 0.15) is 0 Å². The average Bonchev–Trinajstić information content (AvgIpc) is 2.84. The monoisotopic (exact) mass is 235 g/mol. The van der Waals surface area contributed by atoms with Gasteiger partial charge in [0.25, 0.3) is 0 Å². The molecule has 2 aromatic heterocycles. The van der Waals surface area contributed by atoms with Crippen LogP contribution in [-0.2, 0) is 16.1 Å². The molecule has 0 amide bonds. The standard InChI is InChI=1S/C12H17N3O2/c1-13-10-7-15-11(8-17-6-5-16-2)12-9(10)3-4-14-12/h3-4,7,13-14H,5-6,8H2,1-2H3. The number of anilines is 1. The Morgan fingerprint density at radius 2 is 2.29 bits per heavy atom. The van der Waals surface area contributed by atoms with Crippen LogP contribution in [-0.4, -0.2) is 37.3 Å². The van der Waals surface area contributed by atoms with Crippen LogP contribution in [0, 0.1) is 0 Å². The number of aromatic amines is 1. The molecule has 2 rings (SSSR count). The number of nitrogens with zero attached hydrogens (tertiary/aromatic N) is 1. The number of H-pyrrole nitrogens is 1. The predicted octanol–water partition coefficient (Wildman–Crippen LogP) is 1.77. The van der Waals surface area contributed by atoms with E-state index in [0.29, 0.717) is 19.8 Å². The number of methoxy groups -OCH3 is 1. The maximum absolute atomic E-state index is 5.48. The number of pyridine rings is 1. The van der Waals surface area contributed by atoms with Gasteiger partial charge in [0.05, 0.1) is 42.9 Å². The van der Waals surface area contributed by atoms with Crippen LogP contribution in [0.2, 0.25) is 0 Å². The van der Waals surface area contributed by atoms with E-state index in [4.69, 9.17) is 9.47 Å². The SMILES string of the molecule is CNc1cnc(COCCOC)c2[nH]ccc12. The van der Waals surface area contributed by atoms with Gasteiger partial charge >= 0.3 is 0 Å². The fourth-order valence-corrected chi connectivity index (χ4v) is 1.73. The van der Waals surface area contributed by atoms with E-state index in [2.05, 4.69) is 15.3 Å². The third-order valence-corrected chi connectivity index (χ3v) is 2.62. The molecule has 0 unspecified atom stereocenters. The Hall–Kier alpha value is -1.59. The summed E-state index contributed by atoms with van der Waals surface area (Å²) in [6.45, 7) is 1.67. The van der Waals surface area contributed by atoms with Crippen molar-refractivity contribution in [1.82, 2.24) is 9.97 Å². The van der Waals surface area contributed by atoms with Crippen LogP contribution in [0.5, 0.6) is 0 Å². The van der Waals surface area contributed by atoms with Crippen molar-refractivity contribution in [3.05, 3.63) is 24.2 Å². The lowest BCUT2D eigenvalue weighted by atomic mass is 10.2. The summed E-state index contributed by atoms with van der Waals surface area (Å²) in [4.78, 5) is 7.58. The van der Waals surface area contributed by atoms with Crippen molar-refractivity contribution < 1.29 is 9.47 Å². The van der Waals surface area contributed by atoms with Crippen LogP contribution in [0.3, 0.4) is 0 Å². The number of hydrogen-bond acceptors (Lipinski definition) is 4. The fraction of sp³-hybridized carbons (Fsp3) is 0.417. The molecule has 0 aliphatic heterocycles. The summed E-state index contributed by atoms with van der Waals surface area (Å²) in [5.41, 5.74) is 2.95. The van der Waals surface area contributed by atoms with Crippen LogP contribution >= 0.6 is 0 Å². The summed E-state index contributed by atoms with van der Waals surface area (Å²) >= 11 is 0. The Bertz CT molecular complexity index is 482. The van der Waals surface area contributed by atoms with Crippen molar-refractivity contribution in [2.45, 2.75) is 6.61 Å². The Balaban J connectivity index is 2.15. The molecule has 0 saturated carbocycles. The Morgan fingerprint density at radius 1 is 1.41 bits per heavy atom. The molecule has 2 aromatic rings. The maximum Gasteiger partial charge on any atom is 0.0910 e. The average molecular weight is 235 g/mol. The Kier molecular flexibility index (Phi) is 3.95. The molecule has 0 aliphatic carbocycles. The van der Waals surface area contributed by atoms with Gasteiger partial charge in [-0.15, -0.1) is 0 Å². The zero-order valence-electron chi connectivity index (χ0n) is 10.1. The number of aromatic nitrogens is 2. The number of fused-ring (bicyclic) bond motifs is 1. The van der Waals surface area contributed by atoms with Gasteiger partial charge in [0, 0.05) is 25.7 Å². The summed E-state index contributed by atoms with van der Waals surface area (Å²) in [6.07, 6.45) is 3.73. The third kappa shape index (κ3) is 2.57. The first kappa shape index (κ1) is 11.9. The zero-order valence-corrected chi connectivity index (χ0v) is 10.1. The first-order valence-corrected chi connectivity index (χ1v) is 5.56. The topological polar surface area (TPSA) is 59.2 Å². The van der Waals surface area contributed by atoms with Crippen LogP contribution in [0.1, 0.15) is 5.69 Å². The molecule has 0 fully saturated rings. The molecule has 0 aliphatic rings. The highest BCUT2D eigenvalue weighted by molar-refractivity contribution is 5.92. The zero-order chi connectivity index (χ0) is 12.1. The van der Waals surface area contributed by atoms with Crippen LogP contribution in [0.4, 0.5) is 5.69 Å². The minimum atomic E-state index is 0.490. The number of rotatable bonds is 6. The Morgan fingerprint density at radius 3 is 3.06 bits per heavy atom. The second kappa shape index (κ2) is 5.65. The van der Waals surface area contributed by atoms with Gasteiger partial charge in [0.2, 0.25) is 0 Å². The van der Waals surface area contributed by atoms with E-state index >= 15 is 0 Å². The van der Waals surface area contributed by atoms with Crippen molar-refractivity contribution in [2.24, 2.45) is 0 Å². The van der Waals surface area contributed by atoms with Gasteiger partial charge in [-0.25, -0.2) is 0 Å². The summed E-state index contributed by atoms with van der Waals surface area (Å²) < 4.78 is 10.4. The molecule has 0 bridgehead atoms. The number of nitrogens with one attached hydrogen (secondary N) is 2. The normalized spacial score (nSPS) is 10.9. The highest BCUT2D eigenvalue weighted by atomic mass is 16.5. The second-order valence-electron chi connectivity index (χ2n) is 3.68. The number of ether oxygens (including phenoxy) is 2. The molecule has 5 heteroatoms. The lowest BCUT2D eigenvalue weighted by Crippen LogP contribution is -2.04. The molecule has 17 heavy (non-hydrogen) atoms. The smallest absolute Gasteiger partial charge is 0.0910 e. The molecule has 92 valence electrons. The summed E-state index contributed by atoms with van der Waals surface area (Å²) in [5.74, 6) is 0. The first-order valence-electron chi connectivity index (χ1n) is 5.56. The first-order chi connectivity index (χ1) is 8.36. The maximum atomic E-state index is 5.48. The predicted molar refractivity (Wildman–Crippen MR) is 67.2 cm³/mol. The van der Waals surface area contributed by atoms with Crippen molar-refractivity contribution in [1.29, 1.82) is 0 Å². The van der Waals surface area contributed by atoms with Gasteiger partial charge in [-0.3, -0.25) is 4.98 Å². The molecule has 2 heterocycles. The Labute approximate surface area is 100 Å². The highest BCUT2D eigenvalue weighted by Gasteiger charge is 2.07. The van der Waals surface area contributed by atoms with Crippen molar-refractivity contribution in [3.8, 4) is 0 Å². The van der Waals surface area contributed by atoms with Gasteiger partial charge < -0.3 is 19.8 Å². The lowest BCUT2D eigenvalue weighted by molar-refractivity contribution is 0.0607. The van der Waals surface area contributed by atoms with Crippen molar-refractivity contribution >= 4 is 16.6 Å². The molecule has 2 N–H and O–H groups in total. The van der Waals surface area contributed by atoms with Crippen LogP contribution in [0.15, 0.2) is 18.5 Å². The minimum absolute atomic E-state index is 0.490. The molecular weight excluding hydrogens is 218 g/mol. The quantitative estimate of drug-likeness (QED) is 0.749. The van der Waals surface area contributed by atoms with Crippen LogP contribution < -0.4 is 5.32 Å². The summed E-state index contributed by atoms with van der Waals surface area (Å²) in [6, 6.07) is 2.03. The highest BCUT2D eigenvalue weighted by Crippen LogP contribution is 2.23. The molecule has 0 saturated heterocycles. The van der Waals surface area contributed by atoms with Gasteiger partial charge in [-0.05, 0) is 6.07 Å². The largest absolute Gasteiger partial charge is 0.386 e. The van der Waals surface area contributed by atoms with E-state index in [1.165, 1.54) is 0 Å². The number of hydrogen-bond donors (Lipinski definition) is 2. The third-order valence-electron chi connectivity index (χ3n) is 2.62. The fourth-order valence-electron chi connectivity index (χ4n) is 1.73. The molecule has 0 spiro atoms. The van der Waals surface area contributed by atoms with E-state index in [1.54, 1.807) is 7.11 Å². The van der Waals surface area contributed by atoms with Gasteiger partial charge in [0.15, 0.2) is 0 Å². The summed E-state index contributed by atoms with van der Waals surface area (Å²) in [5, 5.41) is 4.25. The second-order valence-corrected chi connectivity index (χ2v) is 3.68. The molecule has 0 atom stereocenters. The van der Waals surface area contributed by atoms with Crippen LogP contribution in [0.25, 0.3) is 10.9 Å². The van der Waals surface area contributed by atoms with E-state index in [1.807, 2.05) is 25.5 Å². The molecular formula is C12H17N3O2.